The Hall–Kier alpha value is 0.410. The van der Waals surface area contributed by atoms with Crippen LogP contribution in [-0.2, 0) is 0 Å². The van der Waals surface area contributed by atoms with E-state index < -0.39 is 5.08 Å². The highest BCUT2D eigenvalue weighted by atomic mass is 79.9. The van der Waals surface area contributed by atoms with Gasteiger partial charge in [-0.05, 0) is 11.8 Å². The number of rotatable bonds is 3. The molecule has 2 heteroatoms. The third-order valence-electron chi connectivity index (χ3n) is 1.83. The van der Waals surface area contributed by atoms with Crippen molar-refractivity contribution in [2.75, 3.05) is 0 Å². The fourth-order valence-corrected chi connectivity index (χ4v) is 2.57. The molecule has 0 aromatic carbocycles. The van der Waals surface area contributed by atoms with Crippen LogP contribution in [0.3, 0.4) is 0 Å². The third kappa shape index (κ3) is 3.00. The van der Waals surface area contributed by atoms with Crippen molar-refractivity contribution in [2.24, 2.45) is 17.8 Å². The Bertz CT molecular complexity index is 70.2. The van der Waals surface area contributed by atoms with Gasteiger partial charge in [0.1, 0.15) is 0 Å². The van der Waals surface area contributed by atoms with E-state index in [0.717, 1.165) is 0 Å². The van der Waals surface area contributed by atoms with E-state index in [1.807, 2.05) is 0 Å². The maximum atomic E-state index is 12.8. The van der Waals surface area contributed by atoms with Gasteiger partial charge in [0.05, 0.1) is 0 Å². The summed E-state index contributed by atoms with van der Waals surface area (Å²) in [6.45, 7) is 8.22. The zero-order valence-electron chi connectivity index (χ0n) is 7.07. The van der Waals surface area contributed by atoms with E-state index in [9.17, 15) is 4.39 Å². The molecule has 0 bridgehead atoms. The number of alkyl halides is 2. The molecule has 0 amide bonds. The monoisotopic (exact) mass is 210 g/mol. The molecule has 0 nitrogen and oxygen atoms in total. The van der Waals surface area contributed by atoms with Crippen molar-refractivity contribution in [3.05, 3.63) is 0 Å². The third-order valence-corrected chi connectivity index (χ3v) is 2.44. The molecule has 0 heterocycles. The van der Waals surface area contributed by atoms with Crippen LogP contribution in [0.2, 0.25) is 0 Å². The largest absolute Gasteiger partial charge is 0.235 e. The standard InChI is InChI=1S/C8H16BrF/c1-5(2)7(6(3)4)8(9)10/h5-8H,1-4H3. The van der Waals surface area contributed by atoms with Gasteiger partial charge in [0, 0.05) is 5.92 Å². The molecule has 0 aromatic heterocycles. The van der Waals surface area contributed by atoms with Gasteiger partial charge >= 0.3 is 0 Å². The number of hydrogen-bond donors (Lipinski definition) is 0. The molecular formula is C8H16BrF. The molecule has 0 aliphatic carbocycles. The molecule has 10 heavy (non-hydrogen) atoms. The SMILES string of the molecule is CC(C)C(C(C)C)C(F)Br. The minimum Gasteiger partial charge on any atom is -0.235 e. The predicted octanol–water partition coefficient (Wildman–Crippen LogP) is 3.61. The van der Waals surface area contributed by atoms with E-state index in [1.54, 1.807) is 0 Å². The molecule has 0 saturated carbocycles. The van der Waals surface area contributed by atoms with Crippen LogP contribution in [-0.4, -0.2) is 5.08 Å². The van der Waals surface area contributed by atoms with Crippen molar-refractivity contribution in [3.8, 4) is 0 Å². The van der Waals surface area contributed by atoms with Crippen molar-refractivity contribution in [2.45, 2.75) is 32.8 Å². The van der Waals surface area contributed by atoms with Crippen LogP contribution in [0, 0.1) is 17.8 Å². The second kappa shape index (κ2) is 4.32. The lowest BCUT2D eigenvalue weighted by molar-refractivity contribution is 0.203. The van der Waals surface area contributed by atoms with Crippen molar-refractivity contribution in [3.63, 3.8) is 0 Å². The summed E-state index contributed by atoms with van der Waals surface area (Å²) in [7, 11) is 0. The van der Waals surface area contributed by atoms with Crippen molar-refractivity contribution >= 4 is 15.9 Å². The number of hydrogen-bond acceptors (Lipinski definition) is 0. The van der Waals surface area contributed by atoms with E-state index in [-0.39, 0.29) is 5.92 Å². The molecule has 0 aliphatic rings. The van der Waals surface area contributed by atoms with Gasteiger partial charge in [0.2, 0.25) is 0 Å². The average molecular weight is 211 g/mol. The normalized spacial score (nSPS) is 15.3. The summed E-state index contributed by atoms with van der Waals surface area (Å²) in [4.78, 5) is 0. The fraction of sp³-hybridized carbons (Fsp3) is 1.00. The fourth-order valence-electron chi connectivity index (χ4n) is 1.35. The first-order valence-corrected chi connectivity index (χ1v) is 4.66. The topological polar surface area (TPSA) is 0 Å². The summed E-state index contributed by atoms with van der Waals surface area (Å²) >= 11 is 2.98. The van der Waals surface area contributed by atoms with Gasteiger partial charge in [-0.15, -0.1) is 0 Å². The van der Waals surface area contributed by atoms with Crippen LogP contribution in [0.4, 0.5) is 4.39 Å². The first-order chi connectivity index (χ1) is 4.46. The molecule has 0 spiro atoms. The Kier molecular flexibility index (Phi) is 4.50. The van der Waals surface area contributed by atoms with Gasteiger partial charge in [-0.1, -0.05) is 43.6 Å². The molecule has 62 valence electrons. The minimum atomic E-state index is -0.854. The zero-order valence-corrected chi connectivity index (χ0v) is 8.65. The van der Waals surface area contributed by atoms with Gasteiger partial charge in [0.25, 0.3) is 0 Å². The van der Waals surface area contributed by atoms with Crippen LogP contribution >= 0.6 is 15.9 Å². The maximum absolute atomic E-state index is 12.8. The highest BCUT2D eigenvalue weighted by Crippen LogP contribution is 2.29. The molecule has 1 unspecified atom stereocenters. The summed E-state index contributed by atoms with van der Waals surface area (Å²) < 4.78 is 12.8. The van der Waals surface area contributed by atoms with Gasteiger partial charge < -0.3 is 0 Å². The molecule has 0 radical (unpaired) electrons. The summed E-state index contributed by atoms with van der Waals surface area (Å²) in [5.74, 6) is 0.962. The Morgan fingerprint density at radius 3 is 1.30 bits per heavy atom. The summed E-state index contributed by atoms with van der Waals surface area (Å²) in [6, 6.07) is 0. The average Bonchev–Trinajstić information content (AvgIpc) is 1.59. The predicted molar refractivity (Wildman–Crippen MR) is 47.0 cm³/mol. The molecular weight excluding hydrogens is 195 g/mol. The molecule has 0 saturated heterocycles. The first-order valence-electron chi connectivity index (χ1n) is 3.75. The summed E-state index contributed by atoms with van der Waals surface area (Å²) in [6.07, 6.45) is 0. The van der Waals surface area contributed by atoms with E-state index in [0.29, 0.717) is 11.8 Å². The molecule has 0 rings (SSSR count). The second-order valence-corrected chi connectivity index (χ2v) is 4.27. The molecule has 1 atom stereocenters. The lowest BCUT2D eigenvalue weighted by Gasteiger charge is -2.24. The van der Waals surface area contributed by atoms with Crippen LogP contribution in [0.15, 0.2) is 0 Å². The van der Waals surface area contributed by atoms with E-state index in [4.69, 9.17) is 0 Å². The van der Waals surface area contributed by atoms with Gasteiger partial charge in [-0.3, -0.25) is 0 Å². The highest BCUT2D eigenvalue weighted by Gasteiger charge is 2.24. The van der Waals surface area contributed by atoms with Gasteiger partial charge in [-0.2, -0.15) is 0 Å². The molecule has 0 aromatic rings. The smallest absolute Gasteiger partial charge is 0.158 e. The lowest BCUT2D eigenvalue weighted by atomic mass is 9.87. The lowest BCUT2D eigenvalue weighted by Crippen LogP contribution is -2.22. The molecule has 0 fully saturated rings. The Morgan fingerprint density at radius 1 is 1.00 bits per heavy atom. The van der Waals surface area contributed by atoms with Crippen molar-refractivity contribution in [1.29, 1.82) is 0 Å². The van der Waals surface area contributed by atoms with Crippen molar-refractivity contribution < 1.29 is 4.39 Å². The second-order valence-electron chi connectivity index (χ2n) is 3.40. The van der Waals surface area contributed by atoms with Crippen LogP contribution in [0.1, 0.15) is 27.7 Å². The Morgan fingerprint density at radius 2 is 1.30 bits per heavy atom. The number of halogens is 2. The van der Waals surface area contributed by atoms with E-state index >= 15 is 0 Å². The quantitative estimate of drug-likeness (QED) is 0.625. The van der Waals surface area contributed by atoms with Crippen LogP contribution < -0.4 is 0 Å². The highest BCUT2D eigenvalue weighted by molar-refractivity contribution is 9.09. The maximum Gasteiger partial charge on any atom is 0.158 e. The Labute approximate surface area is 71.3 Å². The van der Waals surface area contributed by atoms with Crippen LogP contribution in [0.5, 0.6) is 0 Å². The minimum absolute atomic E-state index is 0.139. The summed E-state index contributed by atoms with van der Waals surface area (Å²) in [5.41, 5.74) is 0. The first kappa shape index (κ1) is 10.4. The Balaban J connectivity index is 3.98. The molecule has 0 N–H and O–H groups in total. The van der Waals surface area contributed by atoms with Gasteiger partial charge in [-0.25, -0.2) is 4.39 Å². The van der Waals surface area contributed by atoms with Crippen LogP contribution in [0.25, 0.3) is 0 Å². The van der Waals surface area contributed by atoms with E-state index in [2.05, 4.69) is 43.6 Å². The van der Waals surface area contributed by atoms with E-state index in [1.165, 1.54) is 0 Å². The van der Waals surface area contributed by atoms with Crippen molar-refractivity contribution in [1.82, 2.24) is 0 Å². The van der Waals surface area contributed by atoms with Gasteiger partial charge in [0.15, 0.2) is 5.08 Å². The zero-order chi connectivity index (χ0) is 8.31. The summed E-state index contributed by atoms with van der Waals surface area (Å²) in [5, 5.41) is -0.854. The molecule has 0 aliphatic heterocycles.